The lowest BCUT2D eigenvalue weighted by Crippen LogP contribution is -2.13. The smallest absolute Gasteiger partial charge is 0.115 e. The van der Waals surface area contributed by atoms with E-state index in [0.717, 1.165) is 11.1 Å². The molecule has 1 aromatic carbocycles. The van der Waals surface area contributed by atoms with Gasteiger partial charge >= 0.3 is 0 Å². The van der Waals surface area contributed by atoms with Crippen molar-refractivity contribution in [1.82, 2.24) is 0 Å². The van der Waals surface area contributed by atoms with Gasteiger partial charge in [0.15, 0.2) is 0 Å². The van der Waals surface area contributed by atoms with Gasteiger partial charge in [-0.3, -0.25) is 0 Å². The fourth-order valence-electron chi connectivity index (χ4n) is 1.32. The summed E-state index contributed by atoms with van der Waals surface area (Å²) in [5.74, 6) is 0.217. The molecule has 0 bridgehead atoms. The number of aryl methyl sites for hydroxylation is 1. The minimum Gasteiger partial charge on any atom is -0.508 e. The molecule has 13 heavy (non-hydrogen) atoms. The van der Waals surface area contributed by atoms with Crippen LogP contribution in [0.5, 0.6) is 5.75 Å². The maximum absolute atomic E-state index is 9.24. The molecule has 0 saturated carbocycles. The van der Waals surface area contributed by atoms with Crippen molar-refractivity contribution < 1.29 is 10.2 Å². The summed E-state index contributed by atoms with van der Waals surface area (Å²) in [5, 5.41) is 18.0. The third-order valence-electron chi connectivity index (χ3n) is 2.10. The van der Waals surface area contributed by atoms with Crippen molar-refractivity contribution in [3.63, 3.8) is 0 Å². The third kappa shape index (κ3) is 2.44. The number of hydrogen-bond donors (Lipinski definition) is 3. The Morgan fingerprint density at radius 3 is 2.77 bits per heavy atom. The van der Waals surface area contributed by atoms with Gasteiger partial charge in [-0.15, -0.1) is 0 Å². The summed E-state index contributed by atoms with van der Waals surface area (Å²) in [4.78, 5) is 0. The highest BCUT2D eigenvalue weighted by molar-refractivity contribution is 5.35. The maximum atomic E-state index is 9.24. The number of phenolic OH excluding ortho intramolecular Hbond substituents is 1. The maximum Gasteiger partial charge on any atom is 0.115 e. The molecule has 0 spiro atoms. The van der Waals surface area contributed by atoms with Crippen LogP contribution in [0.25, 0.3) is 0 Å². The van der Waals surface area contributed by atoms with Crippen LogP contribution in [-0.4, -0.2) is 16.8 Å². The predicted octanol–water partition coefficient (Wildman–Crippen LogP) is 1.08. The van der Waals surface area contributed by atoms with Crippen LogP contribution in [0.2, 0.25) is 0 Å². The number of benzene rings is 1. The normalized spacial score (nSPS) is 12.8. The summed E-state index contributed by atoms with van der Waals surface area (Å²) in [6.07, 6.45) is 0.518. The summed E-state index contributed by atoms with van der Waals surface area (Å²) in [6.45, 7) is 2.00. The van der Waals surface area contributed by atoms with E-state index < -0.39 is 0 Å². The highest BCUT2D eigenvalue weighted by atomic mass is 16.3. The van der Waals surface area contributed by atoms with E-state index in [4.69, 9.17) is 10.8 Å². The number of hydrogen-bond acceptors (Lipinski definition) is 3. The fraction of sp³-hybridized carbons (Fsp3) is 0.400. The van der Waals surface area contributed by atoms with E-state index in [2.05, 4.69) is 0 Å². The third-order valence-corrected chi connectivity index (χ3v) is 2.10. The van der Waals surface area contributed by atoms with Gasteiger partial charge in [0, 0.05) is 12.6 Å². The minimum atomic E-state index is -0.197. The lowest BCUT2D eigenvalue weighted by molar-refractivity contribution is 0.276. The minimum absolute atomic E-state index is 0.0657. The van der Waals surface area contributed by atoms with E-state index in [0.29, 0.717) is 6.42 Å². The molecule has 1 rings (SSSR count). The van der Waals surface area contributed by atoms with Crippen molar-refractivity contribution in [2.45, 2.75) is 19.4 Å². The first kappa shape index (κ1) is 10.0. The van der Waals surface area contributed by atoms with Gasteiger partial charge < -0.3 is 15.9 Å². The summed E-state index contributed by atoms with van der Waals surface area (Å²) in [6, 6.07) is 4.90. The number of phenols is 1. The largest absolute Gasteiger partial charge is 0.508 e. The van der Waals surface area contributed by atoms with Crippen LogP contribution in [0, 0.1) is 6.92 Å². The Labute approximate surface area is 77.8 Å². The molecule has 3 heteroatoms. The number of aliphatic hydroxyl groups excluding tert-OH is 1. The molecule has 0 heterocycles. The Balaban J connectivity index is 2.91. The SMILES string of the molecule is Cc1ccc(O)cc1[C@H](N)CCO. The molecule has 0 fully saturated rings. The molecule has 0 aromatic heterocycles. The summed E-state index contributed by atoms with van der Waals surface area (Å²) < 4.78 is 0. The Morgan fingerprint density at radius 1 is 1.46 bits per heavy atom. The van der Waals surface area contributed by atoms with Gasteiger partial charge in [0.25, 0.3) is 0 Å². The number of aliphatic hydroxyl groups is 1. The van der Waals surface area contributed by atoms with E-state index in [1.165, 1.54) is 0 Å². The number of aromatic hydroxyl groups is 1. The van der Waals surface area contributed by atoms with Gasteiger partial charge in [-0.05, 0) is 36.6 Å². The summed E-state index contributed by atoms with van der Waals surface area (Å²) in [5.41, 5.74) is 7.74. The van der Waals surface area contributed by atoms with Crippen LogP contribution in [0.1, 0.15) is 23.6 Å². The number of rotatable bonds is 3. The Morgan fingerprint density at radius 2 is 2.15 bits per heavy atom. The van der Waals surface area contributed by atoms with Crippen LogP contribution in [-0.2, 0) is 0 Å². The molecule has 0 aliphatic rings. The van der Waals surface area contributed by atoms with E-state index in [-0.39, 0.29) is 18.4 Å². The molecule has 72 valence electrons. The van der Waals surface area contributed by atoms with Crippen molar-refractivity contribution in [3.8, 4) is 5.75 Å². The van der Waals surface area contributed by atoms with Crippen molar-refractivity contribution in [3.05, 3.63) is 29.3 Å². The van der Waals surface area contributed by atoms with Crippen molar-refractivity contribution in [1.29, 1.82) is 0 Å². The molecular formula is C10H15NO2. The van der Waals surface area contributed by atoms with E-state index in [1.54, 1.807) is 12.1 Å². The average Bonchev–Trinajstić information content (AvgIpc) is 2.09. The van der Waals surface area contributed by atoms with E-state index >= 15 is 0 Å². The zero-order valence-corrected chi connectivity index (χ0v) is 7.70. The van der Waals surface area contributed by atoms with Gasteiger partial charge in [0.1, 0.15) is 5.75 Å². The average molecular weight is 181 g/mol. The van der Waals surface area contributed by atoms with Gasteiger partial charge in [-0.1, -0.05) is 6.07 Å². The molecule has 0 amide bonds. The van der Waals surface area contributed by atoms with Crippen molar-refractivity contribution in [2.24, 2.45) is 5.73 Å². The Kier molecular flexibility index (Phi) is 3.28. The quantitative estimate of drug-likeness (QED) is 0.653. The van der Waals surface area contributed by atoms with Gasteiger partial charge in [-0.25, -0.2) is 0 Å². The van der Waals surface area contributed by atoms with Crippen LogP contribution in [0.4, 0.5) is 0 Å². The van der Waals surface area contributed by atoms with Crippen LogP contribution >= 0.6 is 0 Å². The lowest BCUT2D eigenvalue weighted by atomic mass is 9.99. The zero-order chi connectivity index (χ0) is 9.84. The lowest BCUT2D eigenvalue weighted by Gasteiger charge is -2.13. The van der Waals surface area contributed by atoms with Gasteiger partial charge in [-0.2, -0.15) is 0 Å². The predicted molar refractivity (Wildman–Crippen MR) is 51.5 cm³/mol. The molecular weight excluding hydrogens is 166 g/mol. The highest BCUT2D eigenvalue weighted by Crippen LogP contribution is 2.22. The molecule has 1 aromatic rings. The first-order chi connectivity index (χ1) is 6.15. The second-order valence-corrected chi connectivity index (χ2v) is 3.16. The van der Waals surface area contributed by atoms with Crippen molar-refractivity contribution in [2.75, 3.05) is 6.61 Å². The second kappa shape index (κ2) is 4.25. The Hall–Kier alpha value is -1.06. The molecule has 0 unspecified atom stereocenters. The van der Waals surface area contributed by atoms with Crippen LogP contribution in [0.3, 0.4) is 0 Å². The molecule has 4 N–H and O–H groups in total. The molecule has 0 aliphatic carbocycles. The van der Waals surface area contributed by atoms with Crippen LogP contribution in [0.15, 0.2) is 18.2 Å². The fourth-order valence-corrected chi connectivity index (χ4v) is 1.32. The Bertz CT molecular complexity index is 286. The van der Waals surface area contributed by atoms with Crippen LogP contribution < -0.4 is 5.73 Å². The second-order valence-electron chi connectivity index (χ2n) is 3.16. The molecule has 1 atom stereocenters. The molecule has 3 nitrogen and oxygen atoms in total. The molecule has 0 saturated heterocycles. The summed E-state index contributed by atoms with van der Waals surface area (Å²) in [7, 11) is 0. The monoisotopic (exact) mass is 181 g/mol. The number of nitrogens with two attached hydrogens (primary N) is 1. The molecule has 0 aliphatic heterocycles. The van der Waals surface area contributed by atoms with Gasteiger partial charge in [0.2, 0.25) is 0 Å². The molecule has 0 radical (unpaired) electrons. The highest BCUT2D eigenvalue weighted by Gasteiger charge is 2.08. The topological polar surface area (TPSA) is 66.5 Å². The first-order valence-corrected chi connectivity index (χ1v) is 4.31. The van der Waals surface area contributed by atoms with Gasteiger partial charge in [0.05, 0.1) is 0 Å². The first-order valence-electron chi connectivity index (χ1n) is 4.31. The van der Waals surface area contributed by atoms with E-state index in [9.17, 15) is 5.11 Å². The van der Waals surface area contributed by atoms with E-state index in [1.807, 2.05) is 13.0 Å². The summed E-state index contributed by atoms with van der Waals surface area (Å²) >= 11 is 0. The zero-order valence-electron chi connectivity index (χ0n) is 7.70. The standard InChI is InChI=1S/C10H15NO2/c1-7-2-3-8(13)6-9(7)10(11)4-5-12/h2-3,6,10,12-13H,4-5,11H2,1H3/t10-/m1/s1. The van der Waals surface area contributed by atoms with Crippen molar-refractivity contribution >= 4 is 0 Å².